The average Bonchev–Trinajstić information content (AvgIpc) is 2.53. The van der Waals surface area contributed by atoms with Crippen molar-refractivity contribution in [1.29, 1.82) is 0 Å². The third kappa shape index (κ3) is 2.06. The van der Waals surface area contributed by atoms with E-state index in [1.165, 1.54) is 21.9 Å². The van der Waals surface area contributed by atoms with E-state index in [9.17, 15) is 0 Å². The van der Waals surface area contributed by atoms with Gasteiger partial charge in [-0.3, -0.25) is 0 Å². The zero-order chi connectivity index (χ0) is 13.9. The van der Waals surface area contributed by atoms with Gasteiger partial charge in [0, 0.05) is 0 Å². The van der Waals surface area contributed by atoms with E-state index in [0.29, 0.717) is 0 Å². The van der Waals surface area contributed by atoms with Crippen molar-refractivity contribution in [2.45, 2.75) is 0 Å². The van der Waals surface area contributed by atoms with Gasteiger partial charge < -0.3 is 0 Å². The van der Waals surface area contributed by atoms with Gasteiger partial charge in [-0.15, -0.1) is 0 Å². The minimum absolute atomic E-state index is 1.14. The van der Waals surface area contributed by atoms with Gasteiger partial charge in [-0.2, -0.15) is 0 Å². The fourth-order valence-electron chi connectivity index (χ4n) is 2.61. The molecule has 0 amide bonds. The molecule has 3 aromatic rings. The first-order valence-corrected chi connectivity index (χ1v) is 6.70. The molecule has 0 aliphatic rings. The molecule has 0 atom stereocenters. The lowest BCUT2D eigenvalue weighted by Crippen LogP contribution is -1.88. The lowest BCUT2D eigenvalue weighted by molar-refractivity contribution is 1.58. The van der Waals surface area contributed by atoms with Gasteiger partial charge in [0.15, 0.2) is 0 Å². The Bertz CT molecular complexity index is 768. The molecular formula is C20H16. The zero-order valence-electron chi connectivity index (χ0n) is 11.3. The molecule has 0 N–H and O–H groups in total. The average molecular weight is 258 g/mol. The molecule has 3 rings (SSSR count). The Labute approximate surface area is 119 Å². The Kier molecular flexibility index (Phi) is 3.22. The van der Waals surface area contributed by atoms with E-state index >= 15 is 0 Å². The molecule has 0 bridgehead atoms. The van der Waals surface area contributed by atoms with Crippen LogP contribution in [-0.4, -0.2) is 0 Å². The van der Waals surface area contributed by atoms with Crippen molar-refractivity contribution in [3.8, 4) is 11.1 Å². The summed E-state index contributed by atoms with van der Waals surface area (Å²) in [6, 6.07) is 21.2. The monoisotopic (exact) mass is 258 g/mol. The van der Waals surface area contributed by atoms with Crippen LogP contribution in [0.4, 0.5) is 0 Å². The van der Waals surface area contributed by atoms with Gasteiger partial charge in [-0.25, -0.2) is 0 Å². The van der Waals surface area contributed by atoms with Crippen LogP contribution in [0.5, 0.6) is 0 Å². The molecule has 0 aliphatic heterocycles. The predicted molar refractivity (Wildman–Crippen MR) is 89.6 cm³/mol. The third-order valence-electron chi connectivity index (χ3n) is 3.61. The smallest absolute Gasteiger partial charge is 0.00391 e. The molecule has 0 unspecified atom stereocenters. The second-order valence-corrected chi connectivity index (χ2v) is 4.78. The van der Waals surface area contributed by atoms with E-state index in [-0.39, 0.29) is 0 Å². The maximum atomic E-state index is 3.92. The summed E-state index contributed by atoms with van der Waals surface area (Å²) in [5.41, 5.74) is 4.67. The largest absolute Gasteiger partial charge is 0.0984 e. The van der Waals surface area contributed by atoms with Gasteiger partial charge in [-0.1, -0.05) is 79.9 Å². The SMILES string of the molecule is [13CH2]=Cc1cccc(C=[13CH2])c1-c1ccc2ccccc2c1. The zero-order valence-corrected chi connectivity index (χ0v) is 11.3. The Morgan fingerprint density at radius 2 is 1.30 bits per heavy atom. The minimum Gasteiger partial charge on any atom is -0.0984 e. The van der Waals surface area contributed by atoms with Crippen LogP contribution in [0.1, 0.15) is 11.1 Å². The Morgan fingerprint density at radius 1 is 0.650 bits per heavy atom. The number of hydrogen-bond acceptors (Lipinski definition) is 0. The number of hydrogen-bond donors (Lipinski definition) is 0. The Hall–Kier alpha value is -2.60. The molecule has 0 radical (unpaired) electrons. The number of benzene rings is 3. The maximum absolute atomic E-state index is 3.92. The summed E-state index contributed by atoms with van der Waals surface area (Å²) >= 11 is 0. The Morgan fingerprint density at radius 3 is 1.95 bits per heavy atom. The van der Waals surface area contributed by atoms with Crippen LogP contribution in [0.3, 0.4) is 0 Å². The maximum Gasteiger partial charge on any atom is -0.00391 e. The first kappa shape index (κ1) is 12.4. The molecule has 0 heterocycles. The van der Waals surface area contributed by atoms with Gasteiger partial charge in [0.05, 0.1) is 0 Å². The molecule has 0 heteroatoms. The Balaban J connectivity index is 2.29. The van der Waals surface area contributed by atoms with E-state index in [1.807, 2.05) is 18.2 Å². The highest BCUT2D eigenvalue weighted by molar-refractivity contribution is 5.91. The highest BCUT2D eigenvalue weighted by Crippen LogP contribution is 2.31. The van der Waals surface area contributed by atoms with E-state index in [2.05, 4.69) is 67.8 Å². The van der Waals surface area contributed by atoms with Crippen LogP contribution >= 0.6 is 0 Å². The van der Waals surface area contributed by atoms with Crippen molar-refractivity contribution in [2.75, 3.05) is 0 Å². The molecule has 96 valence electrons. The van der Waals surface area contributed by atoms with Crippen molar-refractivity contribution < 1.29 is 0 Å². The molecular weight excluding hydrogens is 242 g/mol. The van der Waals surface area contributed by atoms with Gasteiger partial charge in [0.2, 0.25) is 0 Å². The molecule has 0 spiro atoms. The second-order valence-electron chi connectivity index (χ2n) is 4.78. The van der Waals surface area contributed by atoms with Crippen molar-refractivity contribution in [1.82, 2.24) is 0 Å². The first-order valence-electron chi connectivity index (χ1n) is 6.70. The number of rotatable bonds is 3. The van der Waals surface area contributed by atoms with E-state index in [0.717, 1.165) is 11.1 Å². The van der Waals surface area contributed by atoms with E-state index in [4.69, 9.17) is 0 Å². The summed E-state index contributed by atoms with van der Waals surface area (Å²) in [6.07, 6.45) is 3.80. The molecule has 20 heavy (non-hydrogen) atoms. The highest BCUT2D eigenvalue weighted by atomic mass is 14.1. The van der Waals surface area contributed by atoms with Crippen LogP contribution in [0.25, 0.3) is 34.1 Å². The fraction of sp³-hybridized carbons (Fsp3) is 0. The molecule has 0 saturated heterocycles. The topological polar surface area (TPSA) is 0 Å². The van der Waals surface area contributed by atoms with E-state index in [1.54, 1.807) is 0 Å². The lowest BCUT2D eigenvalue weighted by atomic mass is 9.93. The lowest BCUT2D eigenvalue weighted by Gasteiger charge is -2.11. The quantitative estimate of drug-likeness (QED) is 0.521. The van der Waals surface area contributed by atoms with Crippen LogP contribution in [0.2, 0.25) is 0 Å². The summed E-state index contributed by atoms with van der Waals surface area (Å²) in [5, 5.41) is 2.51. The van der Waals surface area contributed by atoms with Gasteiger partial charge >= 0.3 is 0 Å². The predicted octanol–water partition coefficient (Wildman–Crippen LogP) is 5.79. The molecule has 0 nitrogen and oxygen atoms in total. The van der Waals surface area contributed by atoms with Crippen molar-refractivity contribution in [2.24, 2.45) is 0 Å². The van der Waals surface area contributed by atoms with Gasteiger partial charge in [0.1, 0.15) is 0 Å². The standard InChI is InChI=1S/C20H16/c1-3-15-10-7-11-16(4-2)20(15)19-13-12-17-8-5-6-9-18(17)14-19/h3-14H,1-2H2/i1+1,2+1. The molecule has 3 aromatic carbocycles. The molecule has 0 aromatic heterocycles. The first-order chi connectivity index (χ1) is 9.83. The van der Waals surface area contributed by atoms with Gasteiger partial charge in [-0.05, 0) is 39.1 Å². The second kappa shape index (κ2) is 5.18. The van der Waals surface area contributed by atoms with E-state index < -0.39 is 0 Å². The minimum atomic E-state index is 1.14. The fourth-order valence-corrected chi connectivity index (χ4v) is 2.61. The van der Waals surface area contributed by atoms with Crippen LogP contribution in [0, 0.1) is 0 Å². The summed E-state index contributed by atoms with van der Waals surface area (Å²) in [7, 11) is 0. The molecule has 0 fully saturated rings. The number of fused-ring (bicyclic) bond motifs is 1. The van der Waals surface area contributed by atoms with Crippen LogP contribution in [-0.2, 0) is 0 Å². The van der Waals surface area contributed by atoms with Crippen molar-refractivity contribution in [3.05, 3.63) is 84.9 Å². The summed E-state index contributed by atoms with van der Waals surface area (Å²) in [6.45, 7) is 7.84. The molecule has 0 aliphatic carbocycles. The highest BCUT2D eigenvalue weighted by Gasteiger charge is 2.07. The van der Waals surface area contributed by atoms with Crippen molar-refractivity contribution in [3.63, 3.8) is 0 Å². The summed E-state index contributed by atoms with van der Waals surface area (Å²) < 4.78 is 0. The summed E-state index contributed by atoms with van der Waals surface area (Å²) in [5.74, 6) is 0. The third-order valence-corrected chi connectivity index (χ3v) is 3.61. The van der Waals surface area contributed by atoms with Crippen LogP contribution in [0.15, 0.2) is 73.8 Å². The van der Waals surface area contributed by atoms with Gasteiger partial charge in [0.25, 0.3) is 0 Å². The normalized spacial score (nSPS) is 10.4. The molecule has 0 saturated carbocycles. The van der Waals surface area contributed by atoms with Crippen LogP contribution < -0.4 is 0 Å². The van der Waals surface area contributed by atoms with Crippen molar-refractivity contribution >= 4 is 22.9 Å². The summed E-state index contributed by atoms with van der Waals surface area (Å²) in [4.78, 5) is 0.